The highest BCUT2D eigenvalue weighted by molar-refractivity contribution is 6.75. The molecule has 0 amide bonds. The van der Waals surface area contributed by atoms with Crippen LogP contribution in [0.15, 0.2) is 12.5 Å². The Labute approximate surface area is 318 Å². The predicted molar refractivity (Wildman–Crippen MR) is 214 cm³/mol. The number of anilines is 1. The molecular formula is C36H64N8O6Si3. The second kappa shape index (κ2) is 14.5. The molecule has 2 N–H and O–H groups in total. The van der Waals surface area contributed by atoms with E-state index in [0.717, 1.165) is 25.7 Å². The Balaban J connectivity index is 1.68. The molecule has 0 unspecified atom stereocenters. The van der Waals surface area contributed by atoms with Gasteiger partial charge in [-0.1, -0.05) is 80.4 Å². The number of carbonyl (C=O) groups is 1. The summed E-state index contributed by atoms with van der Waals surface area (Å²) in [4.78, 5) is 26.4. The zero-order chi connectivity index (χ0) is 39.5. The van der Waals surface area contributed by atoms with Crippen LogP contribution < -0.4 is 5.32 Å². The van der Waals surface area contributed by atoms with E-state index < -0.39 is 55.5 Å². The number of nitrogens with zero attached hydrogens (tertiary/aromatic N) is 7. The van der Waals surface area contributed by atoms with Gasteiger partial charge in [0, 0.05) is 6.04 Å². The third-order valence-corrected chi connectivity index (χ3v) is 25.9. The standard InChI is InChI=1S/C36H64N8O6Si3/c1-34(2,3)51(10,11)47-21-25-27(49-52(12,13)35(4,5)6)28(50-53(14,15)36(7,8)9)31(48-25)43-22-37-26-29(38-23-18-16-17-19-23)39-33(40-30(26)43)44-20-24(32(45)46)41-42-44/h20,22-23,25,27-28,31H,16-19,21H2,1-15H3,(H,45,46)(H,38,39,40)/t25-,27-,28-,31-/m1/s1. The Morgan fingerprint density at radius 1 is 0.887 bits per heavy atom. The number of ether oxygens (including phenoxy) is 1. The average Bonchev–Trinajstić information content (AvgIpc) is 3.82. The number of rotatable bonds is 12. The topological polar surface area (TPSA) is 161 Å². The molecule has 0 aromatic carbocycles. The molecule has 1 aliphatic heterocycles. The zero-order valence-corrected chi connectivity index (χ0v) is 37.7. The minimum absolute atomic E-state index is 0.0102. The van der Waals surface area contributed by atoms with Crippen LogP contribution in [0, 0.1) is 0 Å². The van der Waals surface area contributed by atoms with Gasteiger partial charge in [0.2, 0.25) is 0 Å². The Bertz CT molecular complexity index is 1770. The number of aromatic carboxylic acids is 1. The van der Waals surface area contributed by atoms with Crippen molar-refractivity contribution in [1.82, 2.24) is 34.5 Å². The van der Waals surface area contributed by atoms with Gasteiger partial charge in [0.15, 0.2) is 53.9 Å². The number of hydrogen-bond donors (Lipinski definition) is 2. The summed E-state index contributed by atoms with van der Waals surface area (Å²) in [7, 11) is -6.94. The van der Waals surface area contributed by atoms with E-state index in [9.17, 15) is 9.90 Å². The quantitative estimate of drug-likeness (QED) is 0.170. The van der Waals surface area contributed by atoms with E-state index in [0.29, 0.717) is 23.6 Å². The first-order valence-corrected chi connectivity index (χ1v) is 27.8. The zero-order valence-electron chi connectivity index (χ0n) is 34.7. The van der Waals surface area contributed by atoms with Gasteiger partial charge < -0.3 is 28.4 Å². The molecule has 0 radical (unpaired) electrons. The van der Waals surface area contributed by atoms with Crippen molar-refractivity contribution in [3.8, 4) is 5.95 Å². The van der Waals surface area contributed by atoms with Crippen LogP contribution in [0.5, 0.6) is 0 Å². The lowest BCUT2D eigenvalue weighted by Crippen LogP contribution is -2.54. The second-order valence-corrected chi connectivity index (χ2v) is 33.8. The fourth-order valence-corrected chi connectivity index (χ4v) is 9.51. The SMILES string of the molecule is CC(C)(C)[Si](C)(C)OC[C@H]1O[C@@H](n2cnc3c(NC4CCCC4)nc(-n4cc(C(=O)O)nn4)nc32)[C@H](O[Si](C)(C)C(C)(C)C)[C@@H]1O[Si](C)(C)C(C)(C)C. The molecule has 2 fully saturated rings. The summed E-state index contributed by atoms with van der Waals surface area (Å²) in [6.07, 6.45) is 5.34. The summed E-state index contributed by atoms with van der Waals surface area (Å²) in [5.74, 6) is -0.461. The molecule has 5 rings (SSSR count). The lowest BCUT2D eigenvalue weighted by molar-refractivity contribution is -0.0470. The number of aromatic nitrogens is 7. The Hall–Kier alpha value is -2.55. The summed E-state index contributed by atoms with van der Waals surface area (Å²) in [6, 6.07) is 0.230. The van der Waals surface area contributed by atoms with Crippen molar-refractivity contribution < 1.29 is 27.9 Å². The summed E-state index contributed by atoms with van der Waals surface area (Å²) < 4.78 is 32.0. The van der Waals surface area contributed by atoms with E-state index in [1.807, 2.05) is 4.57 Å². The fraction of sp³-hybridized carbons (Fsp3) is 0.778. The number of hydrogen-bond acceptors (Lipinski definition) is 11. The van der Waals surface area contributed by atoms with Gasteiger partial charge in [-0.25, -0.2) is 9.78 Å². The molecule has 1 saturated carbocycles. The predicted octanol–water partition coefficient (Wildman–Crippen LogP) is 8.16. The van der Waals surface area contributed by atoms with Crippen molar-refractivity contribution in [3.63, 3.8) is 0 Å². The lowest BCUT2D eigenvalue weighted by Gasteiger charge is -2.44. The molecule has 0 bridgehead atoms. The molecular weight excluding hydrogens is 725 g/mol. The van der Waals surface area contributed by atoms with Crippen LogP contribution in [0.4, 0.5) is 5.82 Å². The third-order valence-electron chi connectivity index (χ3n) is 12.5. The van der Waals surface area contributed by atoms with Crippen LogP contribution >= 0.6 is 0 Å². The minimum atomic E-state index is -2.41. The normalized spacial score (nSPS) is 22.6. The van der Waals surface area contributed by atoms with Crippen molar-refractivity contribution in [1.29, 1.82) is 0 Å². The first kappa shape index (κ1) is 41.6. The van der Waals surface area contributed by atoms with Crippen LogP contribution in [0.2, 0.25) is 54.4 Å². The highest BCUT2D eigenvalue weighted by atomic mass is 28.4. The van der Waals surface area contributed by atoms with Crippen LogP contribution in [0.3, 0.4) is 0 Å². The highest BCUT2D eigenvalue weighted by Crippen LogP contribution is 2.47. The average molecular weight is 789 g/mol. The first-order chi connectivity index (χ1) is 24.2. The number of fused-ring (bicyclic) bond motifs is 1. The fourth-order valence-electron chi connectivity index (χ4n) is 5.89. The summed E-state index contributed by atoms with van der Waals surface area (Å²) in [5.41, 5.74) is 0.884. The molecule has 4 heterocycles. The van der Waals surface area contributed by atoms with Crippen molar-refractivity contribution in [2.45, 2.75) is 173 Å². The molecule has 3 aromatic heterocycles. The van der Waals surface area contributed by atoms with Gasteiger partial charge in [-0.05, 0) is 67.2 Å². The van der Waals surface area contributed by atoms with Gasteiger partial charge in [-0.3, -0.25) is 4.57 Å². The molecule has 14 nitrogen and oxygen atoms in total. The summed E-state index contributed by atoms with van der Waals surface area (Å²) in [5, 5.41) is 21.0. The van der Waals surface area contributed by atoms with Gasteiger partial charge in [-0.15, -0.1) is 5.10 Å². The van der Waals surface area contributed by atoms with Crippen molar-refractivity contribution in [2.24, 2.45) is 0 Å². The van der Waals surface area contributed by atoms with Gasteiger partial charge in [-0.2, -0.15) is 14.6 Å². The highest BCUT2D eigenvalue weighted by Gasteiger charge is 2.55. The van der Waals surface area contributed by atoms with Crippen molar-refractivity contribution in [2.75, 3.05) is 11.9 Å². The van der Waals surface area contributed by atoms with Gasteiger partial charge in [0.1, 0.15) is 18.3 Å². The summed E-state index contributed by atoms with van der Waals surface area (Å²) >= 11 is 0. The van der Waals surface area contributed by atoms with E-state index >= 15 is 0 Å². The molecule has 296 valence electrons. The molecule has 3 aromatic rings. The Kier molecular flexibility index (Phi) is 11.4. The third kappa shape index (κ3) is 8.65. The minimum Gasteiger partial charge on any atom is -0.476 e. The van der Waals surface area contributed by atoms with E-state index in [-0.39, 0.29) is 32.8 Å². The maximum absolute atomic E-state index is 11.7. The molecule has 0 spiro atoms. The van der Waals surface area contributed by atoms with Crippen molar-refractivity contribution >= 4 is 47.9 Å². The van der Waals surface area contributed by atoms with E-state index in [1.165, 1.54) is 10.9 Å². The smallest absolute Gasteiger partial charge is 0.358 e. The van der Waals surface area contributed by atoms with E-state index in [4.69, 9.17) is 33.0 Å². The Morgan fingerprint density at radius 2 is 1.45 bits per heavy atom. The van der Waals surface area contributed by atoms with Crippen molar-refractivity contribution in [3.05, 3.63) is 18.2 Å². The molecule has 53 heavy (non-hydrogen) atoms. The maximum Gasteiger partial charge on any atom is 0.358 e. The number of carboxylic acids is 1. The first-order valence-electron chi connectivity index (χ1n) is 19.0. The number of nitrogens with one attached hydrogen (secondary N) is 1. The molecule has 4 atom stereocenters. The second-order valence-electron chi connectivity index (χ2n) is 19.5. The van der Waals surface area contributed by atoms with Gasteiger partial charge >= 0.3 is 5.97 Å². The number of imidazole rings is 1. The Morgan fingerprint density at radius 3 is 1.98 bits per heavy atom. The maximum atomic E-state index is 11.7. The van der Waals surface area contributed by atoms with Gasteiger partial charge in [0.05, 0.1) is 19.1 Å². The molecule has 1 saturated heterocycles. The largest absolute Gasteiger partial charge is 0.476 e. The van der Waals surface area contributed by atoms with Crippen LogP contribution in [-0.2, 0) is 18.0 Å². The van der Waals surface area contributed by atoms with E-state index in [1.54, 1.807) is 6.33 Å². The van der Waals surface area contributed by atoms with Crippen LogP contribution in [0.25, 0.3) is 17.1 Å². The van der Waals surface area contributed by atoms with Crippen LogP contribution in [0.1, 0.15) is 105 Å². The van der Waals surface area contributed by atoms with Crippen LogP contribution in [-0.4, -0.2) is 102 Å². The summed E-state index contributed by atoms with van der Waals surface area (Å²) in [6.45, 7) is 34.1. The molecule has 2 aliphatic rings. The van der Waals surface area contributed by atoms with Gasteiger partial charge in [0.25, 0.3) is 5.95 Å². The monoisotopic (exact) mass is 788 g/mol. The van der Waals surface area contributed by atoms with E-state index in [2.05, 4.69) is 117 Å². The lowest BCUT2D eigenvalue weighted by atomic mass is 10.1. The molecule has 1 aliphatic carbocycles. The molecule has 17 heteroatoms. The number of carboxylic acid groups (broad SMARTS) is 1.